The summed E-state index contributed by atoms with van der Waals surface area (Å²) in [5, 5.41) is 30.6. The fourth-order valence-electron chi connectivity index (χ4n) is 1.89. The molecule has 0 bridgehead atoms. The van der Waals surface area contributed by atoms with Crippen molar-refractivity contribution in [3.63, 3.8) is 0 Å². The van der Waals surface area contributed by atoms with E-state index < -0.39 is 21.5 Å². The van der Waals surface area contributed by atoms with E-state index in [1.807, 2.05) is 0 Å². The van der Waals surface area contributed by atoms with Gasteiger partial charge in [-0.2, -0.15) is 0 Å². The Morgan fingerprint density at radius 3 is 2.45 bits per heavy atom. The first kappa shape index (κ1) is 15.0. The van der Waals surface area contributed by atoms with Crippen LogP contribution in [0.2, 0.25) is 0 Å². The molecule has 0 radical (unpaired) electrons. The summed E-state index contributed by atoms with van der Waals surface area (Å²) in [4.78, 5) is 35.1. The second-order valence-electron chi connectivity index (χ2n) is 4.35. The van der Waals surface area contributed by atoms with E-state index in [9.17, 15) is 25.0 Å². The smallest absolute Gasteiger partial charge is 0.335 e. The third-order valence-corrected chi connectivity index (χ3v) is 2.91. The minimum atomic E-state index is -1.14. The van der Waals surface area contributed by atoms with E-state index in [4.69, 9.17) is 5.11 Å². The Kier molecular flexibility index (Phi) is 4.07. The number of carboxylic acids is 1. The molecule has 0 unspecified atom stereocenters. The molecule has 2 aromatic rings. The van der Waals surface area contributed by atoms with Crippen LogP contribution in [0.1, 0.15) is 21.6 Å². The number of nitro benzene ring substituents is 2. The van der Waals surface area contributed by atoms with Gasteiger partial charge in [0.15, 0.2) is 0 Å². The molecular formula is C13H9N3O6. The average molecular weight is 303 g/mol. The normalized spacial score (nSPS) is 10.2. The van der Waals surface area contributed by atoms with Crippen molar-refractivity contribution in [2.75, 3.05) is 0 Å². The third-order valence-electron chi connectivity index (χ3n) is 2.91. The van der Waals surface area contributed by atoms with Crippen LogP contribution < -0.4 is 0 Å². The SMILES string of the molecule is O=C(O)c1ccnc(Cc2ccc([N+](=O)[O-])cc2[N+](=O)[O-])c1. The van der Waals surface area contributed by atoms with Crippen LogP contribution in [0.15, 0.2) is 36.5 Å². The molecule has 9 heteroatoms. The average Bonchev–Trinajstić information content (AvgIpc) is 2.47. The molecule has 2 rings (SSSR count). The van der Waals surface area contributed by atoms with Crippen molar-refractivity contribution in [3.8, 4) is 0 Å². The van der Waals surface area contributed by atoms with Gasteiger partial charge in [0, 0.05) is 29.9 Å². The van der Waals surface area contributed by atoms with Gasteiger partial charge in [0.05, 0.1) is 21.5 Å². The highest BCUT2D eigenvalue weighted by Crippen LogP contribution is 2.26. The van der Waals surface area contributed by atoms with Gasteiger partial charge >= 0.3 is 5.97 Å². The van der Waals surface area contributed by atoms with Gasteiger partial charge in [0.1, 0.15) is 0 Å². The Balaban J connectivity index is 2.41. The Morgan fingerprint density at radius 2 is 1.86 bits per heavy atom. The maximum absolute atomic E-state index is 11.0. The first-order valence-electron chi connectivity index (χ1n) is 5.98. The predicted molar refractivity (Wildman–Crippen MR) is 73.8 cm³/mol. The number of hydrogen-bond acceptors (Lipinski definition) is 6. The summed E-state index contributed by atoms with van der Waals surface area (Å²) in [5.41, 5.74) is -0.253. The van der Waals surface area contributed by atoms with Gasteiger partial charge in [-0.15, -0.1) is 0 Å². The van der Waals surface area contributed by atoms with Crippen LogP contribution in [0.25, 0.3) is 0 Å². The number of rotatable bonds is 5. The molecule has 1 N–H and O–H groups in total. The number of benzene rings is 1. The lowest BCUT2D eigenvalue weighted by Crippen LogP contribution is -2.02. The van der Waals surface area contributed by atoms with E-state index in [2.05, 4.69) is 4.98 Å². The number of pyridine rings is 1. The lowest BCUT2D eigenvalue weighted by molar-refractivity contribution is -0.394. The van der Waals surface area contributed by atoms with E-state index >= 15 is 0 Å². The summed E-state index contributed by atoms with van der Waals surface area (Å²) in [6.45, 7) is 0. The Bertz CT molecular complexity index is 774. The van der Waals surface area contributed by atoms with E-state index in [0.29, 0.717) is 5.69 Å². The zero-order valence-corrected chi connectivity index (χ0v) is 11.0. The van der Waals surface area contributed by atoms with Crippen molar-refractivity contribution in [2.45, 2.75) is 6.42 Å². The Labute approximate surface area is 123 Å². The lowest BCUT2D eigenvalue weighted by Gasteiger charge is -2.04. The van der Waals surface area contributed by atoms with Crippen LogP contribution in [0.3, 0.4) is 0 Å². The number of carboxylic acid groups (broad SMARTS) is 1. The minimum Gasteiger partial charge on any atom is -0.478 e. The van der Waals surface area contributed by atoms with Gasteiger partial charge in [0.25, 0.3) is 11.4 Å². The number of non-ortho nitro benzene ring substituents is 1. The molecule has 0 atom stereocenters. The summed E-state index contributed by atoms with van der Waals surface area (Å²) >= 11 is 0. The maximum Gasteiger partial charge on any atom is 0.335 e. The van der Waals surface area contributed by atoms with E-state index in [0.717, 1.165) is 12.1 Å². The van der Waals surface area contributed by atoms with Crippen LogP contribution in [0, 0.1) is 20.2 Å². The van der Waals surface area contributed by atoms with Crippen molar-refractivity contribution in [3.05, 3.63) is 73.6 Å². The third kappa shape index (κ3) is 3.20. The van der Waals surface area contributed by atoms with E-state index in [1.54, 1.807) is 0 Å². The van der Waals surface area contributed by atoms with Crippen molar-refractivity contribution < 1.29 is 19.7 Å². The number of carbonyl (C=O) groups is 1. The van der Waals surface area contributed by atoms with E-state index in [1.165, 1.54) is 24.4 Å². The van der Waals surface area contributed by atoms with Crippen molar-refractivity contribution in [1.82, 2.24) is 4.98 Å². The number of nitro groups is 2. The molecule has 0 spiro atoms. The molecule has 0 aliphatic rings. The largest absolute Gasteiger partial charge is 0.478 e. The lowest BCUT2D eigenvalue weighted by atomic mass is 10.1. The zero-order valence-electron chi connectivity index (χ0n) is 11.0. The van der Waals surface area contributed by atoms with Crippen LogP contribution in [0.4, 0.5) is 11.4 Å². The highest BCUT2D eigenvalue weighted by molar-refractivity contribution is 5.87. The van der Waals surface area contributed by atoms with Gasteiger partial charge in [-0.05, 0) is 18.2 Å². The topological polar surface area (TPSA) is 136 Å². The second-order valence-corrected chi connectivity index (χ2v) is 4.35. The molecule has 0 aliphatic heterocycles. The molecule has 0 amide bonds. The quantitative estimate of drug-likeness (QED) is 0.660. The summed E-state index contributed by atoms with van der Waals surface area (Å²) in [5.74, 6) is -1.14. The first-order chi connectivity index (χ1) is 10.4. The monoisotopic (exact) mass is 303 g/mol. The fourth-order valence-corrected chi connectivity index (χ4v) is 1.89. The molecular weight excluding hydrogens is 294 g/mol. The molecule has 9 nitrogen and oxygen atoms in total. The predicted octanol–water partition coefficient (Wildman–Crippen LogP) is 2.19. The minimum absolute atomic E-state index is 0.00454. The van der Waals surface area contributed by atoms with Crippen molar-refractivity contribution in [1.29, 1.82) is 0 Å². The molecule has 1 heterocycles. The number of nitrogens with zero attached hydrogens (tertiary/aromatic N) is 3. The number of hydrogen-bond donors (Lipinski definition) is 1. The van der Waals surface area contributed by atoms with E-state index in [-0.39, 0.29) is 23.2 Å². The molecule has 0 saturated heterocycles. The highest BCUT2D eigenvalue weighted by Gasteiger charge is 2.20. The Morgan fingerprint density at radius 1 is 1.14 bits per heavy atom. The molecule has 22 heavy (non-hydrogen) atoms. The highest BCUT2D eigenvalue weighted by atomic mass is 16.6. The Hall–Kier alpha value is -3.36. The molecule has 1 aromatic heterocycles. The zero-order chi connectivity index (χ0) is 16.3. The van der Waals surface area contributed by atoms with Crippen LogP contribution >= 0.6 is 0 Å². The van der Waals surface area contributed by atoms with Crippen molar-refractivity contribution >= 4 is 17.3 Å². The van der Waals surface area contributed by atoms with Gasteiger partial charge in [0.2, 0.25) is 0 Å². The molecule has 0 fully saturated rings. The summed E-state index contributed by atoms with van der Waals surface area (Å²) in [6.07, 6.45) is 1.28. The molecule has 112 valence electrons. The van der Waals surface area contributed by atoms with Gasteiger partial charge in [-0.1, -0.05) is 0 Å². The molecule has 0 saturated carbocycles. The second kappa shape index (κ2) is 5.95. The maximum atomic E-state index is 11.0. The molecule has 0 aliphatic carbocycles. The van der Waals surface area contributed by atoms with Crippen LogP contribution in [0.5, 0.6) is 0 Å². The summed E-state index contributed by atoms with van der Waals surface area (Å²) in [6, 6.07) is 5.90. The summed E-state index contributed by atoms with van der Waals surface area (Å²) in [7, 11) is 0. The first-order valence-corrected chi connectivity index (χ1v) is 5.98. The molecule has 1 aromatic carbocycles. The van der Waals surface area contributed by atoms with Crippen LogP contribution in [-0.4, -0.2) is 25.9 Å². The number of aromatic carboxylic acids is 1. The van der Waals surface area contributed by atoms with Gasteiger partial charge < -0.3 is 5.11 Å². The van der Waals surface area contributed by atoms with Gasteiger partial charge in [-0.25, -0.2) is 4.79 Å². The summed E-state index contributed by atoms with van der Waals surface area (Å²) < 4.78 is 0. The fraction of sp³-hybridized carbons (Fsp3) is 0.0769. The van der Waals surface area contributed by atoms with Gasteiger partial charge in [-0.3, -0.25) is 25.2 Å². The number of aromatic nitrogens is 1. The van der Waals surface area contributed by atoms with Crippen molar-refractivity contribution in [2.24, 2.45) is 0 Å². The standard InChI is InChI=1S/C13H9N3O6/c17-13(18)9-3-4-14-10(6-9)5-8-1-2-11(15(19)20)7-12(8)16(21)22/h1-4,6-7H,5H2,(H,17,18). The van der Waals surface area contributed by atoms with Crippen LogP contribution in [-0.2, 0) is 6.42 Å².